The molecule has 0 saturated carbocycles. The minimum atomic E-state index is -0.217. The summed E-state index contributed by atoms with van der Waals surface area (Å²) < 4.78 is 1.82. The van der Waals surface area contributed by atoms with Crippen LogP contribution in [0.5, 0.6) is 0 Å². The van der Waals surface area contributed by atoms with E-state index < -0.39 is 0 Å². The van der Waals surface area contributed by atoms with Crippen molar-refractivity contribution in [2.45, 2.75) is 13.5 Å². The third kappa shape index (κ3) is 4.70. The van der Waals surface area contributed by atoms with Crippen LogP contribution in [0.25, 0.3) is 11.7 Å². The third-order valence-corrected chi connectivity index (χ3v) is 3.79. The summed E-state index contributed by atoms with van der Waals surface area (Å²) in [5.74, 6) is -0.340. The number of hydrogen-bond acceptors (Lipinski definition) is 3. The van der Waals surface area contributed by atoms with Gasteiger partial charge in [0.25, 0.3) is 0 Å². The number of benzene rings is 1. The number of nitrogens with one attached hydrogen (secondary N) is 2. The number of carbonyl (C=O) groups is 2. The fraction of sp³-hybridized carbons (Fsp3) is 0.105. The quantitative estimate of drug-likeness (QED) is 0.678. The number of nitrogens with zero attached hydrogens (tertiary/aromatic N) is 2. The van der Waals surface area contributed by atoms with Crippen LogP contribution in [0.3, 0.4) is 0 Å². The summed E-state index contributed by atoms with van der Waals surface area (Å²) in [4.78, 5) is 27.4. The first kappa shape index (κ1) is 17.7. The molecule has 7 heteroatoms. The second kappa shape index (κ2) is 7.84. The predicted octanol–water partition coefficient (Wildman–Crippen LogP) is 3.28. The summed E-state index contributed by atoms with van der Waals surface area (Å²) in [5, 5.41) is 6.10. The molecule has 1 aromatic carbocycles. The number of fused-ring (bicyclic) bond motifs is 1. The van der Waals surface area contributed by atoms with Crippen molar-refractivity contribution in [3.8, 4) is 0 Å². The number of imidazole rings is 1. The van der Waals surface area contributed by atoms with E-state index in [-0.39, 0.29) is 11.8 Å². The minimum absolute atomic E-state index is 0.123. The molecule has 0 spiro atoms. The van der Waals surface area contributed by atoms with Crippen LogP contribution in [0.1, 0.15) is 18.2 Å². The number of amides is 2. The maximum absolute atomic E-state index is 12.0. The molecule has 3 rings (SSSR count). The second-order valence-corrected chi connectivity index (χ2v) is 6.14. The van der Waals surface area contributed by atoms with E-state index in [0.717, 1.165) is 16.9 Å². The van der Waals surface area contributed by atoms with E-state index in [2.05, 4.69) is 15.6 Å². The molecule has 0 aliphatic carbocycles. The summed E-state index contributed by atoms with van der Waals surface area (Å²) in [5.41, 5.74) is 3.09. The van der Waals surface area contributed by atoms with Crippen molar-refractivity contribution in [2.24, 2.45) is 0 Å². The smallest absolute Gasteiger partial charge is 0.244 e. The molecule has 2 N–H and O–H groups in total. The zero-order chi connectivity index (χ0) is 18.5. The Labute approximate surface area is 155 Å². The summed E-state index contributed by atoms with van der Waals surface area (Å²) in [6.45, 7) is 1.78. The van der Waals surface area contributed by atoms with Crippen LogP contribution in [-0.4, -0.2) is 21.2 Å². The van der Waals surface area contributed by atoms with Gasteiger partial charge in [-0.25, -0.2) is 4.98 Å². The van der Waals surface area contributed by atoms with Gasteiger partial charge in [0.1, 0.15) is 5.65 Å². The number of anilines is 1. The van der Waals surface area contributed by atoms with Crippen molar-refractivity contribution >= 4 is 40.8 Å². The van der Waals surface area contributed by atoms with Gasteiger partial charge in [-0.3, -0.25) is 9.59 Å². The van der Waals surface area contributed by atoms with Crippen LogP contribution in [0.4, 0.5) is 5.69 Å². The molecule has 0 bridgehead atoms. The normalized spacial score (nSPS) is 11.0. The molecule has 0 unspecified atom stereocenters. The molecule has 0 radical (unpaired) electrons. The van der Waals surface area contributed by atoms with Crippen LogP contribution in [0.2, 0.25) is 5.02 Å². The Hall–Kier alpha value is -3.12. The lowest BCUT2D eigenvalue weighted by Gasteiger charge is -2.02. The van der Waals surface area contributed by atoms with Gasteiger partial charge >= 0.3 is 0 Å². The van der Waals surface area contributed by atoms with Gasteiger partial charge in [0.15, 0.2) is 0 Å². The zero-order valence-corrected chi connectivity index (χ0v) is 14.8. The molecule has 2 amide bonds. The summed E-state index contributed by atoms with van der Waals surface area (Å²) in [7, 11) is 0. The molecule has 0 saturated heterocycles. The van der Waals surface area contributed by atoms with Gasteiger partial charge in [-0.05, 0) is 35.9 Å². The van der Waals surface area contributed by atoms with Crippen LogP contribution in [0, 0.1) is 0 Å². The van der Waals surface area contributed by atoms with Crippen LogP contribution < -0.4 is 10.6 Å². The Morgan fingerprint density at radius 2 is 1.92 bits per heavy atom. The molecule has 0 atom stereocenters. The van der Waals surface area contributed by atoms with Crippen LogP contribution >= 0.6 is 11.6 Å². The van der Waals surface area contributed by atoms with Gasteiger partial charge in [-0.2, -0.15) is 0 Å². The second-order valence-electron chi connectivity index (χ2n) is 5.70. The standard InChI is InChI=1S/C19H17ClN4O2/c1-13(25)22-16-6-2-14(3-7-16)4-9-19(26)21-10-17-12-24-11-15(20)5-8-18(24)23-17/h2-9,11-12H,10H2,1H3,(H,21,26)(H,22,25)/b9-4+. The van der Waals surface area contributed by atoms with Crippen LogP contribution in [0.15, 0.2) is 54.9 Å². The lowest BCUT2D eigenvalue weighted by molar-refractivity contribution is -0.116. The van der Waals surface area contributed by atoms with E-state index in [1.165, 1.54) is 13.0 Å². The number of aromatic nitrogens is 2. The van der Waals surface area contributed by atoms with Gasteiger partial charge in [0.2, 0.25) is 11.8 Å². The molecular formula is C19H17ClN4O2. The Balaban J connectivity index is 1.55. The van der Waals surface area contributed by atoms with Crippen molar-refractivity contribution in [1.82, 2.24) is 14.7 Å². The minimum Gasteiger partial charge on any atom is -0.347 e. The van der Waals surface area contributed by atoms with E-state index >= 15 is 0 Å². The molecule has 3 aromatic rings. The molecule has 6 nitrogen and oxygen atoms in total. The molecular weight excluding hydrogens is 352 g/mol. The topological polar surface area (TPSA) is 75.5 Å². The molecule has 0 aliphatic rings. The molecule has 26 heavy (non-hydrogen) atoms. The van der Waals surface area contributed by atoms with Gasteiger partial charge in [0.05, 0.1) is 17.3 Å². The van der Waals surface area contributed by atoms with E-state index in [4.69, 9.17) is 11.6 Å². The van der Waals surface area contributed by atoms with Gasteiger partial charge in [0, 0.05) is 31.1 Å². The molecule has 0 aliphatic heterocycles. The highest BCUT2D eigenvalue weighted by atomic mass is 35.5. The Morgan fingerprint density at radius 1 is 1.15 bits per heavy atom. The highest BCUT2D eigenvalue weighted by Crippen LogP contribution is 2.12. The van der Waals surface area contributed by atoms with E-state index in [0.29, 0.717) is 17.3 Å². The first-order chi connectivity index (χ1) is 12.5. The molecule has 132 valence electrons. The SMILES string of the molecule is CC(=O)Nc1ccc(/C=C/C(=O)NCc2cn3cc(Cl)ccc3n2)cc1. The number of rotatable bonds is 5. The molecule has 2 aromatic heterocycles. The van der Waals surface area contributed by atoms with Crippen molar-refractivity contribution in [1.29, 1.82) is 0 Å². The van der Waals surface area contributed by atoms with Crippen molar-refractivity contribution in [2.75, 3.05) is 5.32 Å². The lowest BCUT2D eigenvalue weighted by Crippen LogP contribution is -2.20. The number of halogens is 1. The van der Waals surface area contributed by atoms with E-state index in [9.17, 15) is 9.59 Å². The van der Waals surface area contributed by atoms with Gasteiger partial charge < -0.3 is 15.0 Å². The van der Waals surface area contributed by atoms with E-state index in [1.54, 1.807) is 30.5 Å². The average molecular weight is 369 g/mol. The summed E-state index contributed by atoms with van der Waals surface area (Å²) in [6.07, 6.45) is 6.75. The predicted molar refractivity (Wildman–Crippen MR) is 102 cm³/mol. The van der Waals surface area contributed by atoms with Crippen molar-refractivity contribution < 1.29 is 9.59 Å². The largest absolute Gasteiger partial charge is 0.347 e. The number of carbonyl (C=O) groups excluding carboxylic acids is 2. The van der Waals surface area contributed by atoms with E-state index in [1.807, 2.05) is 28.8 Å². The Morgan fingerprint density at radius 3 is 2.65 bits per heavy atom. The first-order valence-electron chi connectivity index (χ1n) is 7.96. The Kier molecular flexibility index (Phi) is 5.34. The number of hydrogen-bond donors (Lipinski definition) is 2. The summed E-state index contributed by atoms with van der Waals surface area (Å²) >= 11 is 5.94. The average Bonchev–Trinajstić information content (AvgIpc) is 3.01. The van der Waals surface area contributed by atoms with Crippen molar-refractivity contribution in [3.05, 3.63) is 71.1 Å². The van der Waals surface area contributed by atoms with Crippen molar-refractivity contribution in [3.63, 3.8) is 0 Å². The van der Waals surface area contributed by atoms with Gasteiger partial charge in [-0.15, -0.1) is 0 Å². The summed E-state index contributed by atoms with van der Waals surface area (Å²) in [6, 6.07) is 10.8. The lowest BCUT2D eigenvalue weighted by atomic mass is 10.2. The monoisotopic (exact) mass is 368 g/mol. The fourth-order valence-corrected chi connectivity index (χ4v) is 2.56. The Bertz CT molecular complexity index is 977. The maximum Gasteiger partial charge on any atom is 0.244 e. The third-order valence-electron chi connectivity index (χ3n) is 3.57. The molecule has 2 heterocycles. The fourth-order valence-electron chi connectivity index (χ4n) is 2.39. The van der Waals surface area contributed by atoms with Gasteiger partial charge in [-0.1, -0.05) is 23.7 Å². The highest BCUT2D eigenvalue weighted by molar-refractivity contribution is 6.30. The maximum atomic E-state index is 12.0. The first-order valence-corrected chi connectivity index (χ1v) is 8.34. The zero-order valence-electron chi connectivity index (χ0n) is 14.1. The highest BCUT2D eigenvalue weighted by Gasteiger charge is 2.03. The number of pyridine rings is 1. The molecule has 0 fully saturated rings. The van der Waals surface area contributed by atoms with Crippen LogP contribution in [-0.2, 0) is 16.1 Å².